The number of hydrogen-bond donors (Lipinski definition) is 0. The molecule has 1 aromatic heterocycles. The molecule has 4 heteroatoms. The zero-order valence-corrected chi connectivity index (χ0v) is 7.70. The third kappa shape index (κ3) is 1.90. The van der Waals surface area contributed by atoms with Gasteiger partial charge in [-0.05, 0) is 13.8 Å². The summed E-state index contributed by atoms with van der Waals surface area (Å²) >= 11 is 0. The largest absolute Gasteiger partial charge is 0.478 e. The number of aryl methyl sites for hydroxylation is 1. The van der Waals surface area contributed by atoms with Crippen LogP contribution in [0.2, 0.25) is 0 Å². The first-order valence-electron chi connectivity index (χ1n) is 4.07. The Labute approximate surface area is 72.1 Å². The lowest BCUT2D eigenvalue weighted by Crippen LogP contribution is -1.99. The van der Waals surface area contributed by atoms with Gasteiger partial charge in [0.05, 0.1) is 19.3 Å². The molecule has 4 nitrogen and oxygen atoms in total. The third-order valence-electron chi connectivity index (χ3n) is 1.40. The quantitative estimate of drug-likeness (QED) is 0.681. The van der Waals surface area contributed by atoms with Gasteiger partial charge in [0.15, 0.2) is 0 Å². The van der Waals surface area contributed by atoms with Crippen LogP contribution in [-0.4, -0.2) is 23.0 Å². The van der Waals surface area contributed by atoms with Crippen molar-refractivity contribution in [1.29, 1.82) is 0 Å². The highest BCUT2D eigenvalue weighted by Crippen LogP contribution is 2.17. The molecule has 0 amide bonds. The first kappa shape index (κ1) is 8.90. The van der Waals surface area contributed by atoms with Crippen molar-refractivity contribution in [1.82, 2.24) is 9.78 Å². The van der Waals surface area contributed by atoms with Crippen LogP contribution in [0.4, 0.5) is 0 Å². The summed E-state index contributed by atoms with van der Waals surface area (Å²) in [5, 5.41) is 4.09. The zero-order valence-electron chi connectivity index (χ0n) is 7.70. The molecule has 0 radical (unpaired) electrons. The van der Waals surface area contributed by atoms with Crippen LogP contribution in [0.1, 0.15) is 13.8 Å². The van der Waals surface area contributed by atoms with Crippen molar-refractivity contribution in [2.24, 2.45) is 7.05 Å². The van der Waals surface area contributed by atoms with E-state index < -0.39 is 0 Å². The first-order chi connectivity index (χ1) is 5.77. The summed E-state index contributed by atoms with van der Waals surface area (Å²) in [7, 11) is 1.83. The van der Waals surface area contributed by atoms with Gasteiger partial charge in [0.25, 0.3) is 0 Å². The van der Waals surface area contributed by atoms with E-state index in [2.05, 4.69) is 5.10 Å². The standard InChI is InChI=1S/C8H14N2O2/c1-4-11-7-6-8(12-5-2)10(3)9-7/h6H,4-5H2,1-3H3. The second-order valence-electron chi connectivity index (χ2n) is 2.31. The molecule has 1 aromatic rings. The summed E-state index contributed by atoms with van der Waals surface area (Å²) < 4.78 is 12.1. The van der Waals surface area contributed by atoms with E-state index in [1.165, 1.54) is 0 Å². The molecule has 1 heterocycles. The lowest BCUT2D eigenvalue weighted by atomic mass is 10.6. The van der Waals surface area contributed by atoms with Crippen molar-refractivity contribution in [3.8, 4) is 11.8 Å². The second kappa shape index (κ2) is 3.99. The molecule has 0 aromatic carbocycles. The van der Waals surface area contributed by atoms with E-state index in [9.17, 15) is 0 Å². The molecule has 0 atom stereocenters. The van der Waals surface area contributed by atoms with Gasteiger partial charge in [-0.15, -0.1) is 5.10 Å². The molecular formula is C8H14N2O2. The molecule has 0 saturated heterocycles. The lowest BCUT2D eigenvalue weighted by molar-refractivity contribution is 0.308. The number of ether oxygens (including phenoxy) is 2. The van der Waals surface area contributed by atoms with E-state index in [-0.39, 0.29) is 0 Å². The number of nitrogens with zero attached hydrogens (tertiary/aromatic N) is 2. The molecule has 12 heavy (non-hydrogen) atoms. The molecule has 0 aliphatic heterocycles. The maximum atomic E-state index is 5.28. The van der Waals surface area contributed by atoms with Gasteiger partial charge >= 0.3 is 0 Å². The van der Waals surface area contributed by atoms with Crippen molar-refractivity contribution >= 4 is 0 Å². The third-order valence-corrected chi connectivity index (χ3v) is 1.40. The first-order valence-corrected chi connectivity index (χ1v) is 4.07. The molecule has 0 bridgehead atoms. The molecule has 1 rings (SSSR count). The van der Waals surface area contributed by atoms with Crippen LogP contribution >= 0.6 is 0 Å². The van der Waals surface area contributed by atoms with Gasteiger partial charge in [0.2, 0.25) is 11.8 Å². The number of aromatic nitrogens is 2. The van der Waals surface area contributed by atoms with Crippen LogP contribution in [-0.2, 0) is 7.05 Å². The van der Waals surface area contributed by atoms with Crippen molar-refractivity contribution in [2.75, 3.05) is 13.2 Å². The minimum atomic E-state index is 0.614. The summed E-state index contributed by atoms with van der Waals surface area (Å²) in [5.41, 5.74) is 0. The van der Waals surface area contributed by atoms with Crippen molar-refractivity contribution in [3.63, 3.8) is 0 Å². The minimum absolute atomic E-state index is 0.614. The van der Waals surface area contributed by atoms with Crippen molar-refractivity contribution in [2.45, 2.75) is 13.8 Å². The molecule has 0 saturated carbocycles. The average Bonchev–Trinajstić information content (AvgIpc) is 2.34. The maximum Gasteiger partial charge on any atom is 0.236 e. The Morgan fingerprint density at radius 3 is 2.58 bits per heavy atom. The number of hydrogen-bond acceptors (Lipinski definition) is 3. The summed E-state index contributed by atoms with van der Waals surface area (Å²) in [4.78, 5) is 0. The van der Waals surface area contributed by atoms with Crippen LogP contribution in [0.15, 0.2) is 6.07 Å². The van der Waals surface area contributed by atoms with Crippen LogP contribution in [0.3, 0.4) is 0 Å². The molecule has 0 unspecified atom stereocenters. The number of rotatable bonds is 4. The highest BCUT2D eigenvalue weighted by atomic mass is 16.5. The molecule has 68 valence electrons. The van der Waals surface area contributed by atoms with E-state index in [0.717, 1.165) is 5.88 Å². The summed E-state index contributed by atoms with van der Waals surface area (Å²) in [6.07, 6.45) is 0. The van der Waals surface area contributed by atoms with Crippen LogP contribution in [0.25, 0.3) is 0 Å². The lowest BCUT2D eigenvalue weighted by Gasteiger charge is -1.99. The van der Waals surface area contributed by atoms with Gasteiger partial charge in [-0.2, -0.15) is 0 Å². The van der Waals surface area contributed by atoms with Crippen molar-refractivity contribution < 1.29 is 9.47 Å². The van der Waals surface area contributed by atoms with Crippen molar-refractivity contribution in [3.05, 3.63) is 6.07 Å². The monoisotopic (exact) mass is 170 g/mol. The van der Waals surface area contributed by atoms with Gasteiger partial charge in [-0.25, -0.2) is 4.68 Å². The molecule has 0 aliphatic rings. The molecular weight excluding hydrogens is 156 g/mol. The molecule has 0 aliphatic carbocycles. The van der Waals surface area contributed by atoms with Gasteiger partial charge in [0, 0.05) is 7.05 Å². The Balaban J connectivity index is 2.70. The van der Waals surface area contributed by atoms with E-state index in [4.69, 9.17) is 9.47 Å². The Hall–Kier alpha value is -1.19. The SMILES string of the molecule is CCOc1cc(OCC)n(C)n1. The highest BCUT2D eigenvalue weighted by molar-refractivity contribution is 5.20. The highest BCUT2D eigenvalue weighted by Gasteiger charge is 2.04. The van der Waals surface area contributed by atoms with Crippen LogP contribution in [0.5, 0.6) is 11.8 Å². The summed E-state index contributed by atoms with van der Waals surface area (Å²) in [5.74, 6) is 1.35. The van der Waals surface area contributed by atoms with E-state index >= 15 is 0 Å². The van der Waals surface area contributed by atoms with Crippen LogP contribution < -0.4 is 9.47 Å². The van der Waals surface area contributed by atoms with Gasteiger partial charge < -0.3 is 9.47 Å². The molecule has 0 spiro atoms. The Morgan fingerprint density at radius 2 is 2.00 bits per heavy atom. The predicted molar refractivity (Wildman–Crippen MR) is 45.5 cm³/mol. The fourth-order valence-corrected chi connectivity index (χ4v) is 0.926. The summed E-state index contributed by atoms with van der Waals surface area (Å²) in [6, 6.07) is 1.78. The fourth-order valence-electron chi connectivity index (χ4n) is 0.926. The van der Waals surface area contributed by atoms with Gasteiger partial charge in [0.1, 0.15) is 0 Å². The van der Waals surface area contributed by atoms with E-state index in [1.54, 1.807) is 10.7 Å². The Kier molecular flexibility index (Phi) is 2.96. The normalized spacial score (nSPS) is 9.92. The van der Waals surface area contributed by atoms with Gasteiger partial charge in [-0.3, -0.25) is 0 Å². The fraction of sp³-hybridized carbons (Fsp3) is 0.625. The molecule has 0 fully saturated rings. The zero-order chi connectivity index (χ0) is 8.97. The Morgan fingerprint density at radius 1 is 1.33 bits per heavy atom. The predicted octanol–water partition coefficient (Wildman–Crippen LogP) is 1.22. The van der Waals surface area contributed by atoms with E-state index in [0.29, 0.717) is 19.1 Å². The topological polar surface area (TPSA) is 36.3 Å². The average molecular weight is 170 g/mol. The van der Waals surface area contributed by atoms with E-state index in [1.807, 2.05) is 20.9 Å². The minimum Gasteiger partial charge on any atom is -0.478 e. The van der Waals surface area contributed by atoms with Crippen LogP contribution in [0, 0.1) is 0 Å². The molecule has 0 N–H and O–H groups in total. The maximum absolute atomic E-state index is 5.28. The van der Waals surface area contributed by atoms with Gasteiger partial charge in [-0.1, -0.05) is 0 Å². The second-order valence-corrected chi connectivity index (χ2v) is 2.31. The smallest absolute Gasteiger partial charge is 0.236 e. The Bertz CT molecular complexity index is 245. The summed E-state index contributed by atoms with van der Waals surface area (Å²) in [6.45, 7) is 5.13.